The molecule has 2 aromatic rings. The van der Waals surface area contributed by atoms with Crippen LogP contribution in [0.5, 0.6) is 0 Å². The summed E-state index contributed by atoms with van der Waals surface area (Å²) >= 11 is 0. The molecule has 0 spiro atoms. The number of aryl methyl sites for hydroxylation is 2. The van der Waals surface area contributed by atoms with Gasteiger partial charge in [0.15, 0.2) is 5.82 Å². The summed E-state index contributed by atoms with van der Waals surface area (Å²) in [5.74, 6) is 0.727. The molecule has 3 rings (SSSR count). The molecule has 1 aliphatic rings. The minimum Gasteiger partial charge on any atom is -0.370 e. The normalized spacial score (nSPS) is 21.8. The van der Waals surface area contributed by atoms with E-state index in [4.69, 9.17) is 4.74 Å². The van der Waals surface area contributed by atoms with Crippen LogP contribution < -0.4 is 5.32 Å². The number of carbonyl (C=O) groups excluding carboxylic acids is 1. The molecule has 1 aromatic heterocycles. The molecule has 1 fully saturated rings. The number of benzene rings is 1. The largest absolute Gasteiger partial charge is 0.370 e. The molecule has 1 aliphatic heterocycles. The summed E-state index contributed by atoms with van der Waals surface area (Å²) in [6, 6.07) is 7.84. The highest BCUT2D eigenvalue weighted by Crippen LogP contribution is 2.27. The van der Waals surface area contributed by atoms with Crippen molar-refractivity contribution in [3.05, 3.63) is 47.5 Å². The Kier molecular flexibility index (Phi) is 5.03. The number of nitrogens with one attached hydrogen (secondary N) is 1. The van der Waals surface area contributed by atoms with Crippen LogP contribution in [0, 0.1) is 6.92 Å². The van der Waals surface area contributed by atoms with Gasteiger partial charge in [-0.25, -0.2) is 4.79 Å². The number of nitrogens with zero attached hydrogens (tertiary/aromatic N) is 4. The van der Waals surface area contributed by atoms with E-state index in [9.17, 15) is 4.79 Å². The van der Waals surface area contributed by atoms with E-state index in [0.29, 0.717) is 13.2 Å². The zero-order valence-electron chi connectivity index (χ0n) is 15.1. The Morgan fingerprint density at radius 2 is 2.16 bits per heavy atom. The second kappa shape index (κ2) is 7.23. The van der Waals surface area contributed by atoms with E-state index in [1.165, 1.54) is 5.56 Å². The second-order valence-corrected chi connectivity index (χ2v) is 6.65. The second-order valence-electron chi connectivity index (χ2n) is 6.65. The minimum atomic E-state index is -0.216. The molecular weight excluding hydrogens is 318 g/mol. The Balaban J connectivity index is 1.70. The molecule has 3 atom stereocenters. The highest BCUT2D eigenvalue weighted by atomic mass is 16.5. The Labute approximate surface area is 148 Å². The Morgan fingerprint density at radius 3 is 2.84 bits per heavy atom. The van der Waals surface area contributed by atoms with Crippen molar-refractivity contribution in [3.8, 4) is 0 Å². The van der Waals surface area contributed by atoms with Crippen molar-refractivity contribution in [2.75, 3.05) is 13.2 Å². The monoisotopic (exact) mass is 343 g/mol. The fourth-order valence-corrected chi connectivity index (χ4v) is 3.19. The molecule has 0 aliphatic carbocycles. The quantitative estimate of drug-likeness (QED) is 0.928. The lowest BCUT2D eigenvalue weighted by molar-refractivity contribution is -0.0433. The van der Waals surface area contributed by atoms with Crippen LogP contribution in [0.1, 0.15) is 42.9 Å². The summed E-state index contributed by atoms with van der Waals surface area (Å²) in [5, 5.41) is 10.9. The number of amides is 2. The van der Waals surface area contributed by atoms with E-state index in [-0.39, 0.29) is 24.2 Å². The zero-order chi connectivity index (χ0) is 18.0. The third-order valence-electron chi connectivity index (χ3n) is 4.70. The summed E-state index contributed by atoms with van der Waals surface area (Å²) in [5.41, 5.74) is 2.31. The standard InChI is InChI=1S/C18H25N5O2/c1-12-7-5-6-8-15(12)16-9-23(13(2)10-25-16)18(24)20-14(3)17-21-19-11-22(17)4/h5-8,11,13-14,16H,9-10H2,1-4H3,(H,20,24). The van der Waals surface area contributed by atoms with Crippen molar-refractivity contribution in [3.63, 3.8) is 0 Å². The van der Waals surface area contributed by atoms with Gasteiger partial charge in [-0.1, -0.05) is 24.3 Å². The molecule has 3 unspecified atom stereocenters. The maximum Gasteiger partial charge on any atom is 0.318 e. The van der Waals surface area contributed by atoms with Crippen molar-refractivity contribution in [1.82, 2.24) is 25.0 Å². The Hall–Kier alpha value is -2.41. The third-order valence-corrected chi connectivity index (χ3v) is 4.70. The molecule has 1 saturated heterocycles. The molecule has 7 nitrogen and oxygen atoms in total. The van der Waals surface area contributed by atoms with Crippen molar-refractivity contribution in [2.24, 2.45) is 7.05 Å². The van der Waals surface area contributed by atoms with E-state index in [1.807, 2.05) is 42.5 Å². The average Bonchev–Trinajstić information content (AvgIpc) is 3.02. The summed E-state index contributed by atoms with van der Waals surface area (Å²) in [7, 11) is 1.86. The van der Waals surface area contributed by atoms with Gasteiger partial charge in [0.05, 0.1) is 25.2 Å². The number of hydrogen-bond acceptors (Lipinski definition) is 4. The zero-order valence-corrected chi connectivity index (χ0v) is 15.1. The molecule has 1 aromatic carbocycles. The average molecular weight is 343 g/mol. The van der Waals surface area contributed by atoms with Crippen molar-refractivity contribution < 1.29 is 9.53 Å². The van der Waals surface area contributed by atoms with Gasteiger partial charge >= 0.3 is 6.03 Å². The first-order valence-corrected chi connectivity index (χ1v) is 8.55. The first-order valence-electron chi connectivity index (χ1n) is 8.55. The first-order chi connectivity index (χ1) is 12.0. The summed E-state index contributed by atoms with van der Waals surface area (Å²) < 4.78 is 7.80. The lowest BCUT2D eigenvalue weighted by Gasteiger charge is -2.39. The van der Waals surface area contributed by atoms with Gasteiger partial charge in [-0.15, -0.1) is 10.2 Å². The van der Waals surface area contributed by atoms with Crippen LogP contribution in [0.4, 0.5) is 4.79 Å². The SMILES string of the molecule is Cc1ccccc1C1CN(C(=O)NC(C)c2nncn2C)C(C)CO1. The summed E-state index contributed by atoms with van der Waals surface area (Å²) in [6.07, 6.45) is 1.53. The molecule has 7 heteroatoms. The van der Waals surface area contributed by atoms with Crippen molar-refractivity contribution in [1.29, 1.82) is 0 Å². The van der Waals surface area contributed by atoms with Crippen LogP contribution >= 0.6 is 0 Å². The van der Waals surface area contributed by atoms with Gasteiger partial charge < -0.3 is 19.5 Å². The molecule has 134 valence electrons. The van der Waals surface area contributed by atoms with Crippen LogP contribution in [0.25, 0.3) is 0 Å². The predicted octanol–water partition coefficient (Wildman–Crippen LogP) is 2.36. The Bertz CT molecular complexity index is 745. The number of aromatic nitrogens is 3. The summed E-state index contributed by atoms with van der Waals surface area (Å²) in [4.78, 5) is 14.6. The number of urea groups is 1. The van der Waals surface area contributed by atoms with Gasteiger partial charge in [0.25, 0.3) is 0 Å². The molecule has 1 N–H and O–H groups in total. The lowest BCUT2D eigenvalue weighted by atomic mass is 10.0. The van der Waals surface area contributed by atoms with Gasteiger partial charge in [0, 0.05) is 7.05 Å². The number of morpholine rings is 1. The molecule has 2 heterocycles. The fourth-order valence-electron chi connectivity index (χ4n) is 3.19. The highest BCUT2D eigenvalue weighted by Gasteiger charge is 2.32. The van der Waals surface area contributed by atoms with E-state index in [0.717, 1.165) is 11.4 Å². The third kappa shape index (κ3) is 3.66. The van der Waals surface area contributed by atoms with Gasteiger partial charge in [0.1, 0.15) is 12.4 Å². The molecule has 0 bridgehead atoms. The van der Waals surface area contributed by atoms with E-state index >= 15 is 0 Å². The number of ether oxygens (including phenoxy) is 1. The van der Waals surface area contributed by atoms with Gasteiger partial charge in [0.2, 0.25) is 0 Å². The van der Waals surface area contributed by atoms with E-state index in [2.05, 4.69) is 34.6 Å². The predicted molar refractivity (Wildman–Crippen MR) is 94.0 cm³/mol. The lowest BCUT2D eigenvalue weighted by Crippen LogP contribution is -2.52. The van der Waals surface area contributed by atoms with Crippen LogP contribution in [-0.4, -0.2) is 44.9 Å². The first kappa shape index (κ1) is 17.4. The highest BCUT2D eigenvalue weighted by molar-refractivity contribution is 5.75. The van der Waals surface area contributed by atoms with E-state index < -0.39 is 0 Å². The van der Waals surface area contributed by atoms with Crippen LogP contribution in [0.3, 0.4) is 0 Å². The molecule has 25 heavy (non-hydrogen) atoms. The maximum atomic E-state index is 12.8. The molecular formula is C18H25N5O2. The van der Waals surface area contributed by atoms with E-state index in [1.54, 1.807) is 6.33 Å². The molecule has 0 saturated carbocycles. The van der Waals surface area contributed by atoms with Gasteiger partial charge in [-0.2, -0.15) is 0 Å². The topological polar surface area (TPSA) is 72.3 Å². The van der Waals surface area contributed by atoms with Crippen molar-refractivity contribution >= 4 is 6.03 Å². The van der Waals surface area contributed by atoms with Crippen LogP contribution in [0.2, 0.25) is 0 Å². The summed E-state index contributed by atoms with van der Waals surface area (Å²) in [6.45, 7) is 7.03. The van der Waals surface area contributed by atoms with Gasteiger partial charge in [-0.3, -0.25) is 0 Å². The van der Waals surface area contributed by atoms with Crippen LogP contribution in [-0.2, 0) is 11.8 Å². The number of rotatable bonds is 3. The minimum absolute atomic E-state index is 0.0203. The molecule has 2 amide bonds. The number of hydrogen-bond donors (Lipinski definition) is 1. The van der Waals surface area contributed by atoms with Crippen LogP contribution in [0.15, 0.2) is 30.6 Å². The van der Waals surface area contributed by atoms with Crippen molar-refractivity contribution in [2.45, 2.75) is 39.0 Å². The maximum absolute atomic E-state index is 12.8. The number of carbonyl (C=O) groups is 1. The molecule has 0 radical (unpaired) electrons. The fraction of sp³-hybridized carbons (Fsp3) is 0.500. The Morgan fingerprint density at radius 1 is 1.40 bits per heavy atom. The smallest absolute Gasteiger partial charge is 0.318 e. The van der Waals surface area contributed by atoms with Gasteiger partial charge in [-0.05, 0) is 31.9 Å².